The van der Waals surface area contributed by atoms with Crippen molar-refractivity contribution in [3.63, 3.8) is 0 Å². The molecule has 2 aromatic rings. The number of phenolic OH excluding ortho intramolecular Hbond substituents is 1. The van der Waals surface area contributed by atoms with E-state index in [1.54, 1.807) is 24.3 Å². The van der Waals surface area contributed by atoms with Crippen molar-refractivity contribution in [1.29, 1.82) is 0 Å². The van der Waals surface area contributed by atoms with Gasteiger partial charge in [-0.2, -0.15) is 0 Å². The van der Waals surface area contributed by atoms with Gasteiger partial charge in [0.2, 0.25) is 5.78 Å². The third-order valence-corrected chi connectivity index (χ3v) is 5.24. The number of hydrogen-bond acceptors (Lipinski definition) is 6. The highest BCUT2D eigenvalue weighted by atomic mass is 16.5. The first kappa shape index (κ1) is 17.8. The number of nitrogens with zero attached hydrogens (tertiary/aromatic N) is 2. The molecule has 1 aromatic carbocycles. The Labute approximate surface area is 158 Å². The largest absolute Gasteiger partial charge is 0.507 e. The van der Waals surface area contributed by atoms with Crippen LogP contribution in [-0.4, -0.2) is 53.4 Å². The van der Waals surface area contributed by atoms with Crippen molar-refractivity contribution >= 4 is 11.9 Å². The number of piperazine rings is 1. The molecule has 6 heteroatoms. The number of hydrogen-bond donors (Lipinski definition) is 1. The molecule has 0 bridgehead atoms. The van der Waals surface area contributed by atoms with Crippen LogP contribution in [0.3, 0.4) is 0 Å². The first-order chi connectivity index (χ1) is 13.0. The fourth-order valence-corrected chi connectivity index (χ4v) is 3.60. The molecular weight excluding hydrogens is 344 g/mol. The minimum Gasteiger partial charge on any atom is -0.507 e. The van der Waals surface area contributed by atoms with Crippen LogP contribution in [-0.2, 0) is 6.54 Å². The highest BCUT2D eigenvalue weighted by Crippen LogP contribution is 2.40. The van der Waals surface area contributed by atoms with Gasteiger partial charge in [0.15, 0.2) is 5.76 Å². The summed E-state index contributed by atoms with van der Waals surface area (Å²) >= 11 is 0. The van der Waals surface area contributed by atoms with Crippen LogP contribution >= 0.6 is 0 Å². The molecule has 2 aliphatic rings. The van der Waals surface area contributed by atoms with Gasteiger partial charge in [0.05, 0.1) is 11.1 Å². The fraction of sp³-hybridized carbons (Fsp3) is 0.381. The van der Waals surface area contributed by atoms with Crippen LogP contribution in [0.5, 0.6) is 11.5 Å². The van der Waals surface area contributed by atoms with Crippen LogP contribution < -0.4 is 4.74 Å². The molecule has 3 heterocycles. The summed E-state index contributed by atoms with van der Waals surface area (Å²) in [5, 5.41) is 10.4. The number of allylic oxidation sites excluding steroid dienone is 1. The average molecular weight is 368 g/mol. The van der Waals surface area contributed by atoms with Gasteiger partial charge in [-0.1, -0.05) is 6.92 Å². The lowest BCUT2D eigenvalue weighted by Gasteiger charge is -2.34. The number of furan rings is 1. The number of phenols is 1. The van der Waals surface area contributed by atoms with E-state index in [4.69, 9.17) is 9.15 Å². The molecule has 0 amide bonds. The number of fused-ring (bicyclic) bond motifs is 1. The van der Waals surface area contributed by atoms with Crippen molar-refractivity contribution in [2.24, 2.45) is 0 Å². The smallest absolute Gasteiger partial charge is 0.232 e. The Morgan fingerprint density at radius 3 is 2.52 bits per heavy atom. The van der Waals surface area contributed by atoms with Gasteiger partial charge in [-0.3, -0.25) is 9.69 Å². The molecule has 142 valence electrons. The van der Waals surface area contributed by atoms with Crippen molar-refractivity contribution in [3.8, 4) is 11.5 Å². The predicted molar refractivity (Wildman–Crippen MR) is 102 cm³/mol. The Balaban J connectivity index is 1.58. The molecule has 0 atom stereocenters. The van der Waals surface area contributed by atoms with E-state index in [1.165, 1.54) is 0 Å². The van der Waals surface area contributed by atoms with Crippen LogP contribution in [0, 0.1) is 6.92 Å². The lowest BCUT2D eigenvalue weighted by Crippen LogP contribution is -2.45. The summed E-state index contributed by atoms with van der Waals surface area (Å²) in [4.78, 5) is 17.4. The molecule has 0 aliphatic carbocycles. The van der Waals surface area contributed by atoms with E-state index < -0.39 is 0 Å². The van der Waals surface area contributed by atoms with Crippen LogP contribution in [0.15, 0.2) is 34.4 Å². The Bertz CT molecular complexity index is 892. The summed E-state index contributed by atoms with van der Waals surface area (Å²) in [6, 6.07) is 6.84. The lowest BCUT2D eigenvalue weighted by atomic mass is 10.0. The fourth-order valence-electron chi connectivity index (χ4n) is 3.60. The molecule has 0 radical (unpaired) electrons. The summed E-state index contributed by atoms with van der Waals surface area (Å²) < 4.78 is 11.4. The SMILES string of the molecule is CCN1CCN(Cc2c(O)ccc3c2OC(=Cc2ccc(C)o2)C3=O)CC1. The van der Waals surface area contributed by atoms with Gasteiger partial charge in [0.25, 0.3) is 0 Å². The van der Waals surface area contributed by atoms with Gasteiger partial charge in [-0.25, -0.2) is 0 Å². The van der Waals surface area contributed by atoms with Crippen LogP contribution in [0.4, 0.5) is 0 Å². The number of aryl methyl sites for hydroxylation is 1. The van der Waals surface area contributed by atoms with Gasteiger partial charge in [0.1, 0.15) is 23.0 Å². The van der Waals surface area contributed by atoms with Crippen molar-refractivity contribution in [2.45, 2.75) is 20.4 Å². The summed E-state index contributed by atoms with van der Waals surface area (Å²) in [6.07, 6.45) is 1.61. The van der Waals surface area contributed by atoms with E-state index in [0.717, 1.165) is 38.5 Å². The summed E-state index contributed by atoms with van der Waals surface area (Å²) in [5.41, 5.74) is 1.16. The van der Waals surface area contributed by atoms with Gasteiger partial charge in [-0.05, 0) is 37.7 Å². The van der Waals surface area contributed by atoms with Gasteiger partial charge in [-0.15, -0.1) is 0 Å². The quantitative estimate of drug-likeness (QED) is 0.837. The first-order valence-electron chi connectivity index (χ1n) is 9.35. The molecule has 27 heavy (non-hydrogen) atoms. The number of carbonyl (C=O) groups excluding carboxylic acids is 1. The maximum Gasteiger partial charge on any atom is 0.232 e. The normalized spacial score (nSPS) is 19.5. The highest BCUT2D eigenvalue weighted by Gasteiger charge is 2.32. The van der Waals surface area contributed by atoms with Crippen molar-refractivity contribution < 1.29 is 19.1 Å². The molecule has 0 saturated carbocycles. The second-order valence-corrected chi connectivity index (χ2v) is 7.04. The van der Waals surface area contributed by atoms with Crippen LogP contribution in [0.1, 0.15) is 34.4 Å². The molecule has 6 nitrogen and oxygen atoms in total. The van der Waals surface area contributed by atoms with Crippen molar-refractivity contribution in [2.75, 3.05) is 32.7 Å². The molecule has 0 spiro atoms. The minimum absolute atomic E-state index is 0.162. The lowest BCUT2D eigenvalue weighted by molar-refractivity contribution is 0.101. The Kier molecular flexibility index (Phi) is 4.76. The van der Waals surface area contributed by atoms with E-state index in [9.17, 15) is 9.90 Å². The topological polar surface area (TPSA) is 66.2 Å². The van der Waals surface area contributed by atoms with Gasteiger partial charge in [0, 0.05) is 38.8 Å². The maximum atomic E-state index is 12.7. The minimum atomic E-state index is -0.184. The molecular formula is C21H24N2O4. The molecule has 1 fully saturated rings. The zero-order valence-corrected chi connectivity index (χ0v) is 15.7. The van der Waals surface area contributed by atoms with E-state index in [-0.39, 0.29) is 17.3 Å². The highest BCUT2D eigenvalue weighted by molar-refractivity contribution is 6.14. The second-order valence-electron chi connectivity index (χ2n) is 7.04. The molecule has 4 rings (SSSR count). The van der Waals surface area contributed by atoms with Crippen molar-refractivity contribution in [3.05, 3.63) is 52.7 Å². The van der Waals surface area contributed by atoms with Gasteiger partial charge >= 0.3 is 0 Å². The summed E-state index contributed by atoms with van der Waals surface area (Å²) in [6.45, 7) is 9.51. The first-order valence-corrected chi connectivity index (χ1v) is 9.35. The van der Waals surface area contributed by atoms with Crippen molar-refractivity contribution in [1.82, 2.24) is 9.80 Å². The summed E-state index contributed by atoms with van der Waals surface area (Å²) in [5.74, 6) is 2.01. The number of rotatable bonds is 4. The van der Waals surface area contributed by atoms with Crippen LogP contribution in [0.2, 0.25) is 0 Å². The zero-order chi connectivity index (χ0) is 19.0. The predicted octanol–water partition coefficient (Wildman–Crippen LogP) is 3.05. The van der Waals surface area contributed by atoms with E-state index >= 15 is 0 Å². The Morgan fingerprint density at radius 1 is 1.11 bits per heavy atom. The van der Waals surface area contributed by atoms with E-state index in [2.05, 4.69) is 16.7 Å². The molecule has 1 N–H and O–H groups in total. The monoisotopic (exact) mass is 368 g/mol. The average Bonchev–Trinajstić information content (AvgIpc) is 3.22. The number of ether oxygens (including phenoxy) is 1. The molecule has 1 saturated heterocycles. The second kappa shape index (κ2) is 7.21. The number of aromatic hydroxyl groups is 1. The molecule has 2 aliphatic heterocycles. The molecule has 0 unspecified atom stereocenters. The standard InChI is InChI=1S/C21H24N2O4/c1-3-22-8-10-23(11-9-22)13-17-18(24)7-6-16-20(25)19(27-21(16)17)12-15-5-4-14(2)26-15/h4-7,12,24H,3,8-11,13H2,1-2H3. The number of benzene rings is 1. The third kappa shape index (κ3) is 3.50. The Morgan fingerprint density at radius 2 is 1.85 bits per heavy atom. The Hall–Kier alpha value is -2.57. The maximum absolute atomic E-state index is 12.7. The van der Waals surface area contributed by atoms with Crippen LogP contribution in [0.25, 0.3) is 6.08 Å². The number of carbonyl (C=O) groups is 1. The van der Waals surface area contributed by atoms with Gasteiger partial charge < -0.3 is 19.2 Å². The molecule has 1 aromatic heterocycles. The summed E-state index contributed by atoms with van der Waals surface area (Å²) in [7, 11) is 0. The van der Waals surface area contributed by atoms with E-state index in [1.807, 2.05) is 13.0 Å². The third-order valence-electron chi connectivity index (χ3n) is 5.24. The number of likely N-dealkylation sites (N-methyl/N-ethyl adjacent to an activating group) is 1. The van der Waals surface area contributed by atoms with E-state index in [0.29, 0.717) is 29.2 Å². The number of Topliss-reactive ketones (excluding diaryl/α,β-unsaturated/α-hetero) is 1. The zero-order valence-electron chi connectivity index (χ0n) is 15.7. The number of ketones is 1.